The Morgan fingerprint density at radius 1 is 1.36 bits per heavy atom. The van der Waals surface area contributed by atoms with Gasteiger partial charge in [-0.2, -0.15) is 11.8 Å². The summed E-state index contributed by atoms with van der Waals surface area (Å²) in [6, 6.07) is 0.712. The van der Waals surface area contributed by atoms with Crippen molar-refractivity contribution in [3.05, 3.63) is 0 Å². The third-order valence-electron chi connectivity index (χ3n) is 2.90. The smallest absolute Gasteiger partial charge is 0.0149 e. The molecule has 1 aliphatic rings. The predicted octanol–water partition coefficient (Wildman–Crippen LogP) is 1.94. The van der Waals surface area contributed by atoms with Crippen LogP contribution in [0, 0.1) is 0 Å². The van der Waals surface area contributed by atoms with Crippen molar-refractivity contribution in [2.75, 3.05) is 19.6 Å². The number of hydrogen-bond donors (Lipinski definition) is 1. The minimum Gasteiger partial charge on any atom is -0.330 e. The van der Waals surface area contributed by atoms with E-state index in [1.54, 1.807) is 0 Å². The van der Waals surface area contributed by atoms with Crippen LogP contribution in [0.2, 0.25) is 0 Å². The molecule has 3 unspecified atom stereocenters. The fourth-order valence-electron chi connectivity index (χ4n) is 2.17. The normalized spacial score (nSPS) is 31.7. The highest BCUT2D eigenvalue weighted by Gasteiger charge is 2.24. The van der Waals surface area contributed by atoms with Gasteiger partial charge in [-0.25, -0.2) is 0 Å². The molecule has 0 amide bonds. The van der Waals surface area contributed by atoms with Crippen molar-refractivity contribution in [3.8, 4) is 0 Å². The third kappa shape index (κ3) is 3.79. The molecule has 1 heterocycles. The van der Waals surface area contributed by atoms with Crippen molar-refractivity contribution in [3.63, 3.8) is 0 Å². The van der Waals surface area contributed by atoms with Crippen molar-refractivity contribution < 1.29 is 0 Å². The molecule has 84 valence electrons. The quantitative estimate of drug-likeness (QED) is 0.779. The van der Waals surface area contributed by atoms with Crippen molar-refractivity contribution in [1.82, 2.24) is 4.90 Å². The van der Waals surface area contributed by atoms with E-state index in [1.165, 1.54) is 19.5 Å². The molecule has 1 fully saturated rings. The molecule has 1 aliphatic heterocycles. The molecule has 1 saturated heterocycles. The maximum Gasteiger partial charge on any atom is 0.0149 e. The predicted molar refractivity (Wildman–Crippen MR) is 65.8 cm³/mol. The summed E-state index contributed by atoms with van der Waals surface area (Å²) in [5, 5.41) is 1.58. The molecule has 0 bridgehead atoms. The lowest BCUT2D eigenvalue weighted by atomic mass is 10.1. The maximum absolute atomic E-state index is 5.54. The Bertz CT molecular complexity index is 153. The van der Waals surface area contributed by atoms with Gasteiger partial charge in [0.2, 0.25) is 0 Å². The van der Waals surface area contributed by atoms with E-state index < -0.39 is 0 Å². The summed E-state index contributed by atoms with van der Waals surface area (Å²) in [6.45, 7) is 10.3. The van der Waals surface area contributed by atoms with E-state index in [-0.39, 0.29) is 0 Å². The van der Waals surface area contributed by atoms with E-state index in [9.17, 15) is 0 Å². The number of thioether (sulfide) groups is 1. The molecule has 2 nitrogen and oxygen atoms in total. The zero-order chi connectivity index (χ0) is 10.6. The van der Waals surface area contributed by atoms with Crippen molar-refractivity contribution in [2.45, 2.75) is 50.2 Å². The Morgan fingerprint density at radius 2 is 1.93 bits per heavy atom. The minimum absolute atomic E-state index is 0.712. The van der Waals surface area contributed by atoms with Crippen LogP contribution in [0.5, 0.6) is 0 Å². The average Bonchev–Trinajstić information content (AvgIpc) is 2.12. The lowest BCUT2D eigenvalue weighted by Gasteiger charge is -2.38. The molecule has 0 aromatic carbocycles. The van der Waals surface area contributed by atoms with Gasteiger partial charge in [0.05, 0.1) is 0 Å². The Morgan fingerprint density at radius 3 is 2.43 bits per heavy atom. The maximum atomic E-state index is 5.54. The molecule has 14 heavy (non-hydrogen) atoms. The van der Waals surface area contributed by atoms with Crippen LogP contribution in [0.3, 0.4) is 0 Å². The average molecular weight is 216 g/mol. The number of hydrogen-bond acceptors (Lipinski definition) is 3. The molecule has 0 radical (unpaired) electrons. The topological polar surface area (TPSA) is 29.3 Å². The molecule has 2 N–H and O–H groups in total. The van der Waals surface area contributed by atoms with Gasteiger partial charge in [0.25, 0.3) is 0 Å². The summed E-state index contributed by atoms with van der Waals surface area (Å²) in [5.74, 6) is 0. The van der Waals surface area contributed by atoms with E-state index in [2.05, 4.69) is 37.4 Å². The van der Waals surface area contributed by atoms with E-state index in [0.717, 1.165) is 23.5 Å². The van der Waals surface area contributed by atoms with Crippen LogP contribution in [0.25, 0.3) is 0 Å². The second kappa shape index (κ2) is 5.99. The molecule has 0 aromatic rings. The molecule has 0 aromatic heterocycles. The summed E-state index contributed by atoms with van der Waals surface area (Å²) in [7, 11) is 0. The number of rotatable bonds is 4. The highest BCUT2D eigenvalue weighted by molar-refractivity contribution is 8.00. The summed E-state index contributed by atoms with van der Waals surface area (Å²) in [5.41, 5.74) is 5.54. The second-order valence-electron chi connectivity index (χ2n) is 4.49. The minimum atomic E-state index is 0.712. The SMILES string of the molecule is CC1CN(C(C)CCCN)CC(C)S1. The molecule has 1 rings (SSSR count). The van der Waals surface area contributed by atoms with Gasteiger partial charge in [0.1, 0.15) is 0 Å². The lowest BCUT2D eigenvalue weighted by Crippen LogP contribution is -2.45. The van der Waals surface area contributed by atoms with Crippen LogP contribution in [-0.4, -0.2) is 41.1 Å². The summed E-state index contributed by atoms with van der Waals surface area (Å²) >= 11 is 2.12. The van der Waals surface area contributed by atoms with Crippen molar-refractivity contribution in [2.24, 2.45) is 5.73 Å². The first kappa shape index (κ1) is 12.3. The van der Waals surface area contributed by atoms with Gasteiger partial charge in [-0.3, -0.25) is 4.90 Å². The van der Waals surface area contributed by atoms with Crippen LogP contribution in [0.4, 0.5) is 0 Å². The van der Waals surface area contributed by atoms with E-state index in [4.69, 9.17) is 5.73 Å². The van der Waals surface area contributed by atoms with Crippen LogP contribution in [-0.2, 0) is 0 Å². The molecular weight excluding hydrogens is 192 g/mol. The standard InChI is InChI=1S/C11H24N2S/c1-9(5-4-6-12)13-7-10(2)14-11(3)8-13/h9-11H,4-8,12H2,1-3H3. The molecule has 0 aliphatic carbocycles. The second-order valence-corrected chi connectivity index (χ2v) is 6.37. The zero-order valence-electron chi connectivity index (χ0n) is 9.70. The van der Waals surface area contributed by atoms with Gasteiger partial charge < -0.3 is 5.73 Å². The fourth-order valence-corrected chi connectivity index (χ4v) is 3.52. The zero-order valence-corrected chi connectivity index (χ0v) is 10.5. The first-order chi connectivity index (χ1) is 6.63. The summed E-state index contributed by atoms with van der Waals surface area (Å²) in [6.07, 6.45) is 2.41. The largest absolute Gasteiger partial charge is 0.330 e. The Hall–Kier alpha value is 0.270. The van der Waals surface area contributed by atoms with Crippen LogP contribution >= 0.6 is 11.8 Å². The van der Waals surface area contributed by atoms with E-state index >= 15 is 0 Å². The highest BCUT2D eigenvalue weighted by atomic mass is 32.2. The molecule has 0 saturated carbocycles. The summed E-state index contributed by atoms with van der Waals surface area (Å²) in [4.78, 5) is 2.63. The first-order valence-electron chi connectivity index (χ1n) is 5.73. The van der Waals surface area contributed by atoms with Gasteiger partial charge >= 0.3 is 0 Å². The summed E-state index contributed by atoms with van der Waals surface area (Å²) < 4.78 is 0. The molecule has 3 heteroatoms. The Kier molecular flexibility index (Phi) is 5.28. The Balaban J connectivity index is 2.34. The van der Waals surface area contributed by atoms with Gasteiger partial charge in [-0.15, -0.1) is 0 Å². The van der Waals surface area contributed by atoms with E-state index in [1.807, 2.05) is 0 Å². The number of nitrogens with two attached hydrogens (primary N) is 1. The first-order valence-corrected chi connectivity index (χ1v) is 6.67. The van der Waals surface area contributed by atoms with E-state index in [0.29, 0.717) is 6.04 Å². The van der Waals surface area contributed by atoms with Crippen molar-refractivity contribution in [1.29, 1.82) is 0 Å². The molecule has 0 spiro atoms. The van der Waals surface area contributed by atoms with Gasteiger partial charge in [-0.05, 0) is 26.3 Å². The van der Waals surface area contributed by atoms with Crippen LogP contribution in [0.15, 0.2) is 0 Å². The molecular formula is C11H24N2S. The fraction of sp³-hybridized carbons (Fsp3) is 1.00. The Labute approximate surface area is 92.6 Å². The third-order valence-corrected chi connectivity index (χ3v) is 4.12. The van der Waals surface area contributed by atoms with Gasteiger partial charge in [0.15, 0.2) is 0 Å². The lowest BCUT2D eigenvalue weighted by molar-refractivity contribution is 0.196. The van der Waals surface area contributed by atoms with Crippen LogP contribution in [0.1, 0.15) is 33.6 Å². The molecule has 3 atom stereocenters. The monoisotopic (exact) mass is 216 g/mol. The van der Waals surface area contributed by atoms with Crippen molar-refractivity contribution >= 4 is 11.8 Å². The van der Waals surface area contributed by atoms with Gasteiger partial charge in [-0.1, -0.05) is 13.8 Å². The van der Waals surface area contributed by atoms with Gasteiger partial charge in [0, 0.05) is 29.6 Å². The number of nitrogens with zero attached hydrogens (tertiary/aromatic N) is 1. The van der Waals surface area contributed by atoms with Crippen LogP contribution < -0.4 is 5.73 Å². The highest BCUT2D eigenvalue weighted by Crippen LogP contribution is 2.26.